The fraction of sp³-hybridized carbons (Fsp3) is 0.407. The average Bonchev–Trinajstić information content (AvgIpc) is 3.28. The Labute approximate surface area is 199 Å². The molecular weight excluding hydrogens is 432 g/mol. The Morgan fingerprint density at radius 3 is 2.65 bits per heavy atom. The number of hydrogen-bond acceptors (Lipinski definition) is 5. The fourth-order valence-corrected chi connectivity index (χ4v) is 5.01. The molecule has 2 aromatic carbocycles. The van der Waals surface area contributed by atoms with E-state index in [1.54, 1.807) is 28.0 Å². The van der Waals surface area contributed by atoms with Gasteiger partial charge in [0.05, 0.1) is 18.7 Å². The number of aliphatic hydroxyl groups excluding tert-OH is 1. The fourth-order valence-electron chi connectivity index (χ4n) is 5.01. The molecule has 2 aromatic rings. The minimum absolute atomic E-state index is 0.00261. The number of fused-ring (bicyclic) bond motifs is 2. The number of nitrogens with zero attached hydrogens (tertiary/aromatic N) is 2. The molecule has 2 fully saturated rings. The predicted molar refractivity (Wildman–Crippen MR) is 125 cm³/mol. The molecule has 5 rings (SSSR count). The van der Waals surface area contributed by atoms with Crippen LogP contribution in [0.15, 0.2) is 42.5 Å². The smallest absolute Gasteiger partial charge is 0.254 e. The van der Waals surface area contributed by atoms with E-state index in [1.807, 2.05) is 24.3 Å². The van der Waals surface area contributed by atoms with Gasteiger partial charge in [0.25, 0.3) is 5.91 Å². The van der Waals surface area contributed by atoms with Crippen LogP contribution < -0.4 is 9.47 Å². The molecule has 3 aliphatic heterocycles. The normalized spacial score (nSPS) is 22.7. The first-order valence-corrected chi connectivity index (χ1v) is 11.7. The van der Waals surface area contributed by atoms with Crippen molar-refractivity contribution < 1.29 is 24.2 Å². The summed E-state index contributed by atoms with van der Waals surface area (Å²) in [5.41, 5.74) is 2.45. The van der Waals surface area contributed by atoms with Crippen molar-refractivity contribution in [2.45, 2.75) is 38.3 Å². The van der Waals surface area contributed by atoms with Crippen molar-refractivity contribution in [1.29, 1.82) is 0 Å². The number of piperazine rings is 1. The van der Waals surface area contributed by atoms with E-state index >= 15 is 0 Å². The van der Waals surface area contributed by atoms with Gasteiger partial charge in [-0.15, -0.1) is 0 Å². The first kappa shape index (κ1) is 22.3. The third-order valence-corrected chi connectivity index (χ3v) is 6.70. The molecule has 2 amide bonds. The zero-order valence-electron chi connectivity index (χ0n) is 19.4. The molecule has 7 heteroatoms. The highest BCUT2D eigenvalue weighted by Gasteiger charge is 2.54. The Morgan fingerprint density at radius 2 is 1.91 bits per heavy atom. The summed E-state index contributed by atoms with van der Waals surface area (Å²) >= 11 is 0. The van der Waals surface area contributed by atoms with Crippen LogP contribution in [-0.4, -0.2) is 65.3 Å². The Bertz CT molecular complexity index is 1160. The van der Waals surface area contributed by atoms with Crippen molar-refractivity contribution in [1.82, 2.24) is 9.80 Å². The molecule has 7 nitrogen and oxygen atoms in total. The minimum atomic E-state index is -0.279. The highest BCUT2D eigenvalue weighted by atomic mass is 16.7. The summed E-state index contributed by atoms with van der Waals surface area (Å²) in [7, 11) is 0. The second-order valence-corrected chi connectivity index (χ2v) is 9.42. The van der Waals surface area contributed by atoms with E-state index in [9.17, 15) is 14.7 Å². The lowest BCUT2D eigenvalue weighted by atomic mass is 9.73. The van der Waals surface area contributed by atoms with Crippen molar-refractivity contribution in [3.05, 3.63) is 59.2 Å². The van der Waals surface area contributed by atoms with Crippen LogP contribution in [0.1, 0.15) is 47.7 Å². The quantitative estimate of drug-likeness (QED) is 0.710. The van der Waals surface area contributed by atoms with Gasteiger partial charge in [-0.25, -0.2) is 0 Å². The average molecular weight is 461 g/mol. The third kappa shape index (κ3) is 3.99. The standard InChI is InChI=1S/C27H28N2O5/c1-17(2)4-3-5-18-6-8-19(9-7-18)26-21-13-28(14-25(31)29(21)22(26)15-30)27(32)20-10-11-23-24(12-20)34-16-33-23/h6-12,17,21-22,26,30H,4,13-16H2,1-2H3/t21-,22-,26-/m1/s1. The molecule has 0 saturated carbocycles. The number of benzene rings is 2. The van der Waals surface area contributed by atoms with Crippen molar-refractivity contribution in [2.75, 3.05) is 26.5 Å². The van der Waals surface area contributed by atoms with Crippen LogP contribution in [0.4, 0.5) is 0 Å². The van der Waals surface area contributed by atoms with Gasteiger partial charge in [0.1, 0.15) is 6.54 Å². The molecule has 0 radical (unpaired) electrons. The van der Waals surface area contributed by atoms with E-state index in [0.717, 1.165) is 17.5 Å². The van der Waals surface area contributed by atoms with Gasteiger partial charge in [-0.3, -0.25) is 9.59 Å². The number of aliphatic hydroxyl groups is 1. The van der Waals surface area contributed by atoms with E-state index < -0.39 is 0 Å². The molecule has 1 N–H and O–H groups in total. The number of carbonyl (C=O) groups is 2. The van der Waals surface area contributed by atoms with Crippen molar-refractivity contribution in [3.63, 3.8) is 0 Å². The lowest BCUT2D eigenvalue weighted by molar-refractivity contribution is -0.159. The van der Waals surface area contributed by atoms with Gasteiger partial charge in [0.15, 0.2) is 11.5 Å². The van der Waals surface area contributed by atoms with Gasteiger partial charge in [-0.05, 0) is 41.8 Å². The van der Waals surface area contributed by atoms with Gasteiger partial charge in [0.2, 0.25) is 12.7 Å². The monoisotopic (exact) mass is 460 g/mol. The van der Waals surface area contributed by atoms with Crippen molar-refractivity contribution in [3.8, 4) is 23.3 Å². The zero-order chi connectivity index (χ0) is 23.8. The molecule has 34 heavy (non-hydrogen) atoms. The summed E-state index contributed by atoms with van der Waals surface area (Å²) in [6.07, 6.45) is 0.851. The van der Waals surface area contributed by atoms with Crippen LogP contribution in [0, 0.1) is 17.8 Å². The summed E-state index contributed by atoms with van der Waals surface area (Å²) in [6.45, 7) is 4.72. The van der Waals surface area contributed by atoms with Crippen LogP contribution >= 0.6 is 0 Å². The molecule has 0 unspecified atom stereocenters. The van der Waals surface area contributed by atoms with E-state index in [0.29, 0.717) is 29.5 Å². The van der Waals surface area contributed by atoms with E-state index in [2.05, 4.69) is 25.7 Å². The van der Waals surface area contributed by atoms with Gasteiger partial charge >= 0.3 is 0 Å². The molecule has 0 aliphatic carbocycles. The maximum Gasteiger partial charge on any atom is 0.254 e. The van der Waals surface area contributed by atoms with Gasteiger partial charge < -0.3 is 24.4 Å². The summed E-state index contributed by atoms with van der Waals surface area (Å²) < 4.78 is 10.7. The summed E-state index contributed by atoms with van der Waals surface area (Å²) in [6, 6.07) is 12.6. The minimum Gasteiger partial charge on any atom is -0.454 e. The zero-order valence-corrected chi connectivity index (χ0v) is 19.4. The molecule has 3 aliphatic rings. The van der Waals surface area contributed by atoms with Gasteiger partial charge in [-0.1, -0.05) is 37.8 Å². The third-order valence-electron chi connectivity index (χ3n) is 6.70. The Morgan fingerprint density at radius 1 is 1.15 bits per heavy atom. The molecule has 0 aromatic heterocycles. The first-order chi connectivity index (χ1) is 16.5. The lowest BCUT2D eigenvalue weighted by Gasteiger charge is -2.58. The Hall–Kier alpha value is -3.50. The van der Waals surface area contributed by atoms with Crippen molar-refractivity contribution >= 4 is 11.8 Å². The summed E-state index contributed by atoms with van der Waals surface area (Å²) in [5, 5.41) is 10.0. The highest BCUT2D eigenvalue weighted by molar-refractivity contribution is 5.98. The molecule has 176 valence electrons. The first-order valence-electron chi connectivity index (χ1n) is 11.7. The molecule has 0 bridgehead atoms. The summed E-state index contributed by atoms with van der Waals surface area (Å²) in [4.78, 5) is 29.5. The lowest BCUT2D eigenvalue weighted by Crippen LogP contribution is -2.73. The molecular formula is C27H28N2O5. The molecule has 2 saturated heterocycles. The molecule has 3 heterocycles. The van der Waals surface area contributed by atoms with Gasteiger partial charge in [0, 0.05) is 30.0 Å². The van der Waals surface area contributed by atoms with Crippen LogP contribution in [0.5, 0.6) is 11.5 Å². The summed E-state index contributed by atoms with van der Waals surface area (Å²) in [5.74, 6) is 7.66. The number of hydrogen-bond donors (Lipinski definition) is 1. The number of rotatable bonds is 4. The van der Waals surface area contributed by atoms with Crippen LogP contribution in [0.2, 0.25) is 0 Å². The van der Waals surface area contributed by atoms with Gasteiger partial charge in [-0.2, -0.15) is 0 Å². The maximum atomic E-state index is 13.2. The largest absolute Gasteiger partial charge is 0.454 e. The number of carbonyl (C=O) groups excluding carboxylic acids is 2. The van der Waals surface area contributed by atoms with Crippen LogP contribution in [-0.2, 0) is 4.79 Å². The van der Waals surface area contributed by atoms with E-state index in [-0.39, 0.29) is 49.8 Å². The Balaban J connectivity index is 1.34. The predicted octanol–water partition coefficient (Wildman–Crippen LogP) is 2.62. The SMILES string of the molecule is CC(C)CC#Cc1ccc([C@H]2[C@@H](CO)N3C(=O)CN(C(=O)c4ccc5c(c4)OCO5)C[C@H]23)cc1. The Kier molecular flexibility index (Phi) is 5.93. The molecule has 3 atom stereocenters. The van der Waals surface area contributed by atoms with Crippen molar-refractivity contribution in [2.24, 2.45) is 5.92 Å². The molecule has 0 spiro atoms. The van der Waals surface area contributed by atoms with E-state index in [1.165, 1.54) is 0 Å². The van der Waals surface area contributed by atoms with Crippen LogP contribution in [0.25, 0.3) is 0 Å². The van der Waals surface area contributed by atoms with Crippen LogP contribution in [0.3, 0.4) is 0 Å². The second kappa shape index (κ2) is 9.03. The topological polar surface area (TPSA) is 79.3 Å². The number of ether oxygens (including phenoxy) is 2. The second-order valence-electron chi connectivity index (χ2n) is 9.42. The maximum absolute atomic E-state index is 13.2. The number of amides is 2. The highest BCUT2D eigenvalue weighted by Crippen LogP contribution is 2.43. The van der Waals surface area contributed by atoms with E-state index in [4.69, 9.17) is 9.47 Å².